The first kappa shape index (κ1) is 16.8. The lowest BCUT2D eigenvalue weighted by atomic mass is 10.0. The van der Waals surface area contributed by atoms with Crippen molar-refractivity contribution >= 4 is 16.9 Å². The minimum absolute atomic E-state index is 0.609. The number of rotatable bonds is 3. The second kappa shape index (κ2) is 6.75. The van der Waals surface area contributed by atoms with Crippen LogP contribution in [0.1, 0.15) is 0 Å². The van der Waals surface area contributed by atoms with Gasteiger partial charge >= 0.3 is 5.84 Å². The lowest BCUT2D eigenvalue weighted by molar-refractivity contribution is 0.642. The highest BCUT2D eigenvalue weighted by Gasteiger charge is 2.20. The third kappa shape index (κ3) is 2.64. The Kier molecular flexibility index (Phi) is 3.78. The molecule has 0 unspecified atom stereocenters. The van der Waals surface area contributed by atoms with Crippen molar-refractivity contribution in [2.24, 2.45) is 0 Å². The lowest BCUT2D eigenvalue weighted by Crippen LogP contribution is -1.89. The Morgan fingerprint density at radius 2 is 1.10 bits per heavy atom. The summed E-state index contributed by atoms with van der Waals surface area (Å²) in [6, 6.07) is 37.4. The molecule has 0 fully saturated rings. The molecular weight excluding hydrogens is 368 g/mol. The molecule has 0 atom stereocenters. The van der Waals surface area contributed by atoms with Crippen molar-refractivity contribution in [3.05, 3.63) is 109 Å². The van der Waals surface area contributed by atoms with Gasteiger partial charge in [0.1, 0.15) is 5.69 Å². The van der Waals surface area contributed by atoms with Crippen molar-refractivity contribution in [2.45, 2.75) is 0 Å². The lowest BCUT2D eigenvalue weighted by Gasteiger charge is -2.07. The van der Waals surface area contributed by atoms with Crippen LogP contribution in [-0.4, -0.2) is 9.38 Å². The third-order valence-corrected chi connectivity index (χ3v) is 5.47. The molecule has 3 nitrogen and oxygen atoms in total. The molecule has 3 heteroatoms. The van der Waals surface area contributed by atoms with Crippen LogP contribution in [0.4, 0.5) is 0 Å². The van der Waals surface area contributed by atoms with Crippen LogP contribution >= 0.6 is 0 Å². The third-order valence-electron chi connectivity index (χ3n) is 5.47. The van der Waals surface area contributed by atoms with Crippen molar-refractivity contribution in [1.29, 1.82) is 0 Å². The number of nitrogens with zero attached hydrogens (tertiary/aromatic N) is 2. The summed E-state index contributed by atoms with van der Waals surface area (Å²) in [6.07, 6.45) is 0. The summed E-state index contributed by atoms with van der Waals surface area (Å²) < 4.78 is 8.18. The van der Waals surface area contributed by atoms with Gasteiger partial charge in [-0.3, -0.25) is 4.40 Å². The predicted octanol–water partition coefficient (Wildman–Crippen LogP) is 7.08. The first-order valence-corrected chi connectivity index (χ1v) is 10.00. The average Bonchev–Trinajstić information content (AvgIpc) is 3.36. The van der Waals surface area contributed by atoms with E-state index in [2.05, 4.69) is 83.3 Å². The first-order chi connectivity index (χ1) is 14.9. The fraction of sp³-hybridized carbons (Fsp3) is 0. The monoisotopic (exact) mass is 386 g/mol. The van der Waals surface area contributed by atoms with E-state index in [-0.39, 0.29) is 0 Å². The number of oxazole rings is 1. The van der Waals surface area contributed by atoms with Gasteiger partial charge in [-0.2, -0.15) is 4.98 Å². The molecule has 142 valence electrons. The van der Waals surface area contributed by atoms with Gasteiger partial charge < -0.3 is 4.42 Å². The highest BCUT2D eigenvalue weighted by Crippen LogP contribution is 2.36. The highest BCUT2D eigenvalue weighted by molar-refractivity contribution is 5.88. The van der Waals surface area contributed by atoms with E-state index in [4.69, 9.17) is 9.40 Å². The number of fused-ring (bicyclic) bond motifs is 3. The average molecular weight is 386 g/mol. The topological polar surface area (TPSA) is 30.4 Å². The summed E-state index contributed by atoms with van der Waals surface area (Å²) in [4.78, 5) is 4.90. The zero-order valence-corrected chi connectivity index (χ0v) is 16.2. The van der Waals surface area contributed by atoms with Crippen molar-refractivity contribution in [3.8, 4) is 33.6 Å². The maximum Gasteiger partial charge on any atom is 0.307 e. The van der Waals surface area contributed by atoms with Crippen LogP contribution in [0.2, 0.25) is 0 Å². The molecule has 2 heterocycles. The Balaban J connectivity index is 1.58. The van der Waals surface area contributed by atoms with Crippen molar-refractivity contribution in [2.75, 3.05) is 0 Å². The number of hydrogen-bond acceptors (Lipinski definition) is 2. The number of imidazole rings is 1. The van der Waals surface area contributed by atoms with Gasteiger partial charge in [0.2, 0.25) is 0 Å². The van der Waals surface area contributed by atoms with E-state index < -0.39 is 0 Å². The fourth-order valence-corrected chi connectivity index (χ4v) is 4.03. The summed E-state index contributed by atoms with van der Waals surface area (Å²) in [5, 5.41) is 0. The van der Waals surface area contributed by atoms with Gasteiger partial charge in [-0.25, -0.2) is 0 Å². The molecule has 4 aromatic carbocycles. The van der Waals surface area contributed by atoms with Crippen LogP contribution in [0.25, 0.3) is 50.6 Å². The van der Waals surface area contributed by atoms with Gasteiger partial charge in [0.15, 0.2) is 5.58 Å². The zero-order valence-electron chi connectivity index (χ0n) is 16.2. The second-order valence-electron chi connectivity index (χ2n) is 7.31. The number of hydrogen-bond donors (Lipinski definition) is 0. The largest absolute Gasteiger partial charge is 0.423 e. The maximum atomic E-state index is 6.06. The smallest absolute Gasteiger partial charge is 0.307 e. The van der Waals surface area contributed by atoms with Crippen molar-refractivity contribution in [3.63, 3.8) is 0 Å². The van der Waals surface area contributed by atoms with Crippen LogP contribution in [-0.2, 0) is 0 Å². The van der Waals surface area contributed by atoms with E-state index in [0.717, 1.165) is 33.6 Å². The zero-order chi connectivity index (χ0) is 19.9. The Hall–Kier alpha value is -4.11. The normalized spacial score (nSPS) is 11.3. The number of aromatic nitrogens is 2. The van der Waals surface area contributed by atoms with E-state index >= 15 is 0 Å². The minimum Gasteiger partial charge on any atom is -0.423 e. The standard InChI is InChI=1S/C27H18N2O/c1-3-9-19(10-4-1)20-15-17-21(18-16-20)25-26(22-11-5-2-6-12-22)29-23-13-7-8-14-24(23)30-27(29)28-25/h1-18H. The summed E-state index contributed by atoms with van der Waals surface area (Å²) in [5.74, 6) is 0.609. The molecule has 2 aromatic heterocycles. The minimum atomic E-state index is 0.609. The van der Waals surface area contributed by atoms with Gasteiger partial charge in [-0.1, -0.05) is 97.1 Å². The number of para-hydroxylation sites is 2. The number of benzene rings is 4. The van der Waals surface area contributed by atoms with Gasteiger partial charge in [-0.05, 0) is 23.3 Å². The van der Waals surface area contributed by atoms with E-state index in [0.29, 0.717) is 5.84 Å². The van der Waals surface area contributed by atoms with Crippen LogP contribution in [0.15, 0.2) is 114 Å². The van der Waals surface area contributed by atoms with Gasteiger partial charge in [0.05, 0.1) is 11.2 Å². The molecule has 0 aliphatic carbocycles. The van der Waals surface area contributed by atoms with Gasteiger partial charge in [-0.15, -0.1) is 0 Å². The molecule has 0 aliphatic rings. The molecule has 0 N–H and O–H groups in total. The Labute approximate surface area is 173 Å². The van der Waals surface area contributed by atoms with E-state index in [1.165, 1.54) is 11.1 Å². The van der Waals surface area contributed by atoms with Gasteiger partial charge in [0, 0.05) is 11.1 Å². The molecule has 0 spiro atoms. The van der Waals surface area contributed by atoms with E-state index in [1.807, 2.05) is 30.3 Å². The summed E-state index contributed by atoms with van der Waals surface area (Å²) in [7, 11) is 0. The Morgan fingerprint density at radius 1 is 0.533 bits per heavy atom. The van der Waals surface area contributed by atoms with Crippen molar-refractivity contribution < 1.29 is 4.42 Å². The van der Waals surface area contributed by atoms with Gasteiger partial charge in [0.25, 0.3) is 0 Å². The highest BCUT2D eigenvalue weighted by atomic mass is 16.4. The SMILES string of the molecule is c1ccc(-c2ccc(-c3nc4oc5ccccc5n4c3-c3ccccc3)cc2)cc1. The van der Waals surface area contributed by atoms with Crippen molar-refractivity contribution in [1.82, 2.24) is 9.38 Å². The molecule has 30 heavy (non-hydrogen) atoms. The van der Waals surface area contributed by atoms with Crippen LogP contribution in [0.3, 0.4) is 0 Å². The van der Waals surface area contributed by atoms with Crippen LogP contribution in [0, 0.1) is 0 Å². The summed E-state index contributed by atoms with van der Waals surface area (Å²) >= 11 is 0. The molecule has 0 saturated carbocycles. The quantitative estimate of drug-likeness (QED) is 0.325. The Morgan fingerprint density at radius 3 is 1.83 bits per heavy atom. The molecule has 6 rings (SSSR count). The maximum absolute atomic E-state index is 6.06. The van der Waals surface area contributed by atoms with E-state index in [1.54, 1.807) is 0 Å². The molecule has 0 bridgehead atoms. The molecule has 0 amide bonds. The summed E-state index contributed by atoms with van der Waals surface area (Å²) in [5.41, 5.74) is 8.39. The first-order valence-electron chi connectivity index (χ1n) is 10.00. The van der Waals surface area contributed by atoms with Crippen LogP contribution in [0.5, 0.6) is 0 Å². The molecule has 6 aromatic rings. The fourth-order valence-electron chi connectivity index (χ4n) is 4.03. The Bertz CT molecular complexity index is 1460. The molecule has 0 aliphatic heterocycles. The second-order valence-corrected chi connectivity index (χ2v) is 7.31. The summed E-state index contributed by atoms with van der Waals surface area (Å²) in [6.45, 7) is 0. The predicted molar refractivity (Wildman–Crippen MR) is 121 cm³/mol. The van der Waals surface area contributed by atoms with E-state index in [9.17, 15) is 0 Å². The molecular formula is C27H18N2O. The van der Waals surface area contributed by atoms with Crippen LogP contribution < -0.4 is 0 Å². The molecule has 0 radical (unpaired) electrons. The molecule has 0 saturated heterocycles.